The standard InChI is InChI=1S/C12H18N2O3S/c1-9-5-10(13)7-12(6-9)18(16,17)14-4-2-3-11(15)8-14/h5-7,11,15H,2-4,8,13H2,1H3. The van der Waals surface area contributed by atoms with E-state index in [0.29, 0.717) is 25.1 Å². The van der Waals surface area contributed by atoms with E-state index in [4.69, 9.17) is 5.73 Å². The first kappa shape index (κ1) is 13.3. The molecule has 0 bridgehead atoms. The lowest BCUT2D eigenvalue weighted by Gasteiger charge is -2.29. The molecule has 1 heterocycles. The van der Waals surface area contributed by atoms with Crippen molar-refractivity contribution >= 4 is 15.7 Å². The Morgan fingerprint density at radius 2 is 2.11 bits per heavy atom. The number of sulfonamides is 1. The third-order valence-electron chi connectivity index (χ3n) is 3.07. The van der Waals surface area contributed by atoms with Crippen molar-refractivity contribution in [2.75, 3.05) is 18.8 Å². The summed E-state index contributed by atoms with van der Waals surface area (Å²) in [6.07, 6.45) is 0.764. The molecule has 1 aromatic carbocycles. The predicted octanol–water partition coefficient (Wildman–Crippen LogP) is 0.723. The Kier molecular flexibility index (Phi) is 3.61. The summed E-state index contributed by atoms with van der Waals surface area (Å²) in [5.74, 6) is 0. The van der Waals surface area contributed by atoms with Gasteiger partial charge in [-0.15, -0.1) is 0 Å². The molecule has 1 aliphatic rings. The Morgan fingerprint density at radius 1 is 1.39 bits per heavy atom. The number of hydrogen-bond donors (Lipinski definition) is 2. The molecule has 0 radical (unpaired) electrons. The monoisotopic (exact) mass is 270 g/mol. The SMILES string of the molecule is Cc1cc(N)cc(S(=O)(=O)N2CCCC(O)C2)c1. The molecule has 1 aliphatic heterocycles. The second kappa shape index (κ2) is 4.87. The number of rotatable bonds is 2. The molecule has 1 saturated heterocycles. The van der Waals surface area contributed by atoms with E-state index in [2.05, 4.69) is 0 Å². The minimum Gasteiger partial charge on any atom is -0.399 e. The van der Waals surface area contributed by atoms with Crippen molar-refractivity contribution in [1.29, 1.82) is 0 Å². The second-order valence-corrected chi connectivity index (χ2v) is 6.68. The molecule has 0 aromatic heterocycles. The molecule has 5 nitrogen and oxygen atoms in total. The first-order chi connectivity index (χ1) is 8.39. The van der Waals surface area contributed by atoms with Crippen LogP contribution in [0, 0.1) is 6.92 Å². The third-order valence-corrected chi connectivity index (χ3v) is 4.91. The topological polar surface area (TPSA) is 83.6 Å². The van der Waals surface area contributed by atoms with Crippen LogP contribution in [0.5, 0.6) is 0 Å². The van der Waals surface area contributed by atoms with Crippen LogP contribution in [0.3, 0.4) is 0 Å². The number of aliphatic hydroxyl groups is 1. The van der Waals surface area contributed by atoms with Gasteiger partial charge < -0.3 is 10.8 Å². The van der Waals surface area contributed by atoms with Gasteiger partial charge in [-0.1, -0.05) is 0 Å². The number of benzene rings is 1. The fraction of sp³-hybridized carbons (Fsp3) is 0.500. The molecule has 18 heavy (non-hydrogen) atoms. The van der Waals surface area contributed by atoms with E-state index in [1.807, 2.05) is 0 Å². The van der Waals surface area contributed by atoms with Gasteiger partial charge in [0.25, 0.3) is 0 Å². The number of anilines is 1. The highest BCUT2D eigenvalue weighted by Crippen LogP contribution is 2.23. The first-order valence-electron chi connectivity index (χ1n) is 5.95. The van der Waals surface area contributed by atoms with Crippen molar-refractivity contribution in [3.05, 3.63) is 23.8 Å². The summed E-state index contributed by atoms with van der Waals surface area (Å²) in [5.41, 5.74) is 6.93. The van der Waals surface area contributed by atoms with Crippen molar-refractivity contribution in [2.24, 2.45) is 0 Å². The van der Waals surface area contributed by atoms with E-state index in [0.717, 1.165) is 5.56 Å². The van der Waals surface area contributed by atoms with Crippen LogP contribution in [0.2, 0.25) is 0 Å². The number of piperidine rings is 1. The van der Waals surface area contributed by atoms with E-state index in [-0.39, 0.29) is 11.4 Å². The maximum absolute atomic E-state index is 12.4. The number of aryl methyl sites for hydroxylation is 1. The van der Waals surface area contributed by atoms with Crippen LogP contribution >= 0.6 is 0 Å². The van der Waals surface area contributed by atoms with Crippen LogP contribution in [-0.4, -0.2) is 37.0 Å². The number of nitrogens with two attached hydrogens (primary N) is 1. The highest BCUT2D eigenvalue weighted by molar-refractivity contribution is 7.89. The van der Waals surface area contributed by atoms with E-state index >= 15 is 0 Å². The molecule has 0 saturated carbocycles. The van der Waals surface area contributed by atoms with Gasteiger partial charge in [0.05, 0.1) is 11.0 Å². The molecule has 0 aliphatic carbocycles. The summed E-state index contributed by atoms with van der Waals surface area (Å²) in [6.45, 7) is 2.42. The Morgan fingerprint density at radius 3 is 2.72 bits per heavy atom. The van der Waals surface area contributed by atoms with Gasteiger partial charge in [0.1, 0.15) is 0 Å². The van der Waals surface area contributed by atoms with E-state index < -0.39 is 16.1 Å². The molecule has 3 N–H and O–H groups in total. The zero-order valence-electron chi connectivity index (χ0n) is 10.3. The van der Waals surface area contributed by atoms with Gasteiger partial charge in [0, 0.05) is 18.8 Å². The zero-order chi connectivity index (χ0) is 13.3. The third kappa shape index (κ3) is 2.66. The lowest BCUT2D eigenvalue weighted by molar-refractivity contribution is 0.108. The highest BCUT2D eigenvalue weighted by Gasteiger charge is 2.29. The molecule has 100 valence electrons. The van der Waals surface area contributed by atoms with Gasteiger partial charge in [0.15, 0.2) is 0 Å². The van der Waals surface area contributed by atoms with Crippen molar-refractivity contribution in [3.63, 3.8) is 0 Å². The van der Waals surface area contributed by atoms with Gasteiger partial charge in [-0.2, -0.15) is 4.31 Å². The molecule has 1 aromatic rings. The van der Waals surface area contributed by atoms with Gasteiger partial charge in [-0.25, -0.2) is 8.42 Å². The summed E-state index contributed by atoms with van der Waals surface area (Å²) in [6, 6.07) is 4.79. The molecule has 0 spiro atoms. The Labute approximate surface area is 107 Å². The van der Waals surface area contributed by atoms with Crippen molar-refractivity contribution < 1.29 is 13.5 Å². The largest absolute Gasteiger partial charge is 0.399 e. The lowest BCUT2D eigenvalue weighted by atomic mass is 10.1. The van der Waals surface area contributed by atoms with Gasteiger partial charge >= 0.3 is 0 Å². The van der Waals surface area contributed by atoms with Gasteiger partial charge in [-0.05, 0) is 43.5 Å². The summed E-state index contributed by atoms with van der Waals surface area (Å²) in [7, 11) is -3.55. The number of nitrogens with zero attached hydrogens (tertiary/aromatic N) is 1. The van der Waals surface area contributed by atoms with Crippen molar-refractivity contribution in [1.82, 2.24) is 4.31 Å². The number of hydrogen-bond acceptors (Lipinski definition) is 4. The average molecular weight is 270 g/mol. The van der Waals surface area contributed by atoms with Crippen LogP contribution in [0.1, 0.15) is 18.4 Å². The normalized spacial score (nSPS) is 22.0. The molecule has 6 heteroatoms. The lowest BCUT2D eigenvalue weighted by Crippen LogP contribution is -2.42. The fourth-order valence-electron chi connectivity index (χ4n) is 2.21. The van der Waals surface area contributed by atoms with E-state index in [9.17, 15) is 13.5 Å². The van der Waals surface area contributed by atoms with E-state index in [1.165, 1.54) is 10.4 Å². The smallest absolute Gasteiger partial charge is 0.243 e. The maximum Gasteiger partial charge on any atom is 0.243 e. The summed E-state index contributed by atoms with van der Waals surface area (Å²) >= 11 is 0. The van der Waals surface area contributed by atoms with Crippen LogP contribution in [-0.2, 0) is 10.0 Å². The van der Waals surface area contributed by atoms with Crippen LogP contribution < -0.4 is 5.73 Å². The predicted molar refractivity (Wildman–Crippen MR) is 69.6 cm³/mol. The quantitative estimate of drug-likeness (QED) is 0.776. The van der Waals surface area contributed by atoms with Crippen LogP contribution in [0.15, 0.2) is 23.1 Å². The Balaban J connectivity index is 2.35. The number of nitrogen functional groups attached to an aromatic ring is 1. The van der Waals surface area contributed by atoms with Gasteiger partial charge in [0.2, 0.25) is 10.0 Å². The molecule has 1 fully saturated rings. The maximum atomic E-state index is 12.4. The van der Waals surface area contributed by atoms with Crippen molar-refractivity contribution in [3.8, 4) is 0 Å². The van der Waals surface area contributed by atoms with Crippen LogP contribution in [0.4, 0.5) is 5.69 Å². The minimum absolute atomic E-state index is 0.163. The molecular weight excluding hydrogens is 252 g/mol. The highest BCUT2D eigenvalue weighted by atomic mass is 32.2. The minimum atomic E-state index is -3.55. The van der Waals surface area contributed by atoms with E-state index in [1.54, 1.807) is 19.1 Å². The van der Waals surface area contributed by atoms with Gasteiger partial charge in [-0.3, -0.25) is 0 Å². The first-order valence-corrected chi connectivity index (χ1v) is 7.39. The summed E-state index contributed by atoms with van der Waals surface area (Å²) < 4.78 is 26.1. The Bertz CT molecular complexity index is 522. The zero-order valence-corrected chi connectivity index (χ0v) is 11.2. The Hall–Kier alpha value is -1.11. The second-order valence-electron chi connectivity index (χ2n) is 4.74. The number of aliphatic hydroxyl groups excluding tert-OH is 1. The fourth-order valence-corrected chi connectivity index (χ4v) is 3.87. The van der Waals surface area contributed by atoms with Crippen LogP contribution in [0.25, 0.3) is 0 Å². The van der Waals surface area contributed by atoms with Crippen molar-refractivity contribution in [2.45, 2.75) is 30.8 Å². The molecule has 0 amide bonds. The summed E-state index contributed by atoms with van der Waals surface area (Å²) in [5, 5.41) is 9.57. The number of β-amino-alcohol motifs (C(OH)–C–C–N with tert-alkyl or cyclic N) is 1. The molecule has 1 unspecified atom stereocenters. The average Bonchev–Trinajstić information content (AvgIpc) is 2.27. The molecular formula is C12H18N2O3S. The molecule has 2 rings (SSSR count). The molecule has 1 atom stereocenters. The summed E-state index contributed by atoms with van der Waals surface area (Å²) in [4.78, 5) is 0.203.